The Balaban J connectivity index is 1.79. The van der Waals surface area contributed by atoms with Crippen molar-refractivity contribution in [1.29, 1.82) is 0 Å². The van der Waals surface area contributed by atoms with E-state index in [9.17, 15) is 14.9 Å². The van der Waals surface area contributed by atoms with E-state index in [-0.39, 0.29) is 22.3 Å². The van der Waals surface area contributed by atoms with Gasteiger partial charge in [0.2, 0.25) is 0 Å². The number of nitrogens with one attached hydrogen (secondary N) is 1. The molecule has 1 amide bonds. The Morgan fingerprint density at radius 2 is 1.96 bits per heavy atom. The van der Waals surface area contributed by atoms with E-state index in [0.717, 1.165) is 18.4 Å². The number of non-ortho nitro benzene ring substituents is 1. The third-order valence-electron chi connectivity index (χ3n) is 4.38. The molecular weight excluding hydrogens is 328 g/mol. The van der Waals surface area contributed by atoms with Crippen LogP contribution in [-0.4, -0.2) is 10.8 Å². The van der Waals surface area contributed by atoms with Gasteiger partial charge in [0.15, 0.2) is 0 Å². The zero-order chi connectivity index (χ0) is 17.3. The molecule has 1 aliphatic rings. The van der Waals surface area contributed by atoms with Crippen LogP contribution in [0.25, 0.3) is 0 Å². The highest BCUT2D eigenvalue weighted by atomic mass is 35.5. The first-order chi connectivity index (χ1) is 11.5. The first kappa shape index (κ1) is 16.5. The van der Waals surface area contributed by atoms with Crippen molar-refractivity contribution < 1.29 is 9.72 Å². The molecule has 3 rings (SSSR count). The maximum Gasteiger partial charge on any atom is 0.270 e. The molecule has 1 aliphatic carbocycles. The lowest BCUT2D eigenvalue weighted by molar-refractivity contribution is -0.384. The summed E-state index contributed by atoms with van der Waals surface area (Å²) in [6.45, 7) is 1.89. The van der Waals surface area contributed by atoms with E-state index in [1.807, 2.05) is 13.0 Å². The lowest BCUT2D eigenvalue weighted by Gasteiger charge is -2.16. The van der Waals surface area contributed by atoms with Crippen molar-refractivity contribution in [3.63, 3.8) is 0 Å². The zero-order valence-electron chi connectivity index (χ0n) is 13.2. The van der Waals surface area contributed by atoms with Crippen molar-refractivity contribution in [2.45, 2.75) is 32.2 Å². The molecule has 0 fully saturated rings. The van der Waals surface area contributed by atoms with Crippen LogP contribution in [0.4, 0.5) is 5.69 Å². The van der Waals surface area contributed by atoms with E-state index in [4.69, 9.17) is 11.6 Å². The van der Waals surface area contributed by atoms with Crippen LogP contribution in [0.1, 0.15) is 46.4 Å². The number of aryl methyl sites for hydroxylation is 2. The van der Waals surface area contributed by atoms with Gasteiger partial charge in [-0.05, 0) is 48.9 Å². The lowest BCUT2D eigenvalue weighted by atomic mass is 10.0. The van der Waals surface area contributed by atoms with Crippen molar-refractivity contribution in [3.8, 4) is 0 Å². The van der Waals surface area contributed by atoms with Gasteiger partial charge in [-0.2, -0.15) is 0 Å². The summed E-state index contributed by atoms with van der Waals surface area (Å²) in [5, 5.41) is 13.9. The summed E-state index contributed by atoms with van der Waals surface area (Å²) in [5.41, 5.74) is 3.68. The quantitative estimate of drug-likeness (QED) is 0.666. The van der Waals surface area contributed by atoms with Crippen LogP contribution < -0.4 is 5.32 Å². The summed E-state index contributed by atoms with van der Waals surface area (Å²) in [7, 11) is 0. The van der Waals surface area contributed by atoms with Crippen LogP contribution in [0, 0.1) is 10.1 Å². The topological polar surface area (TPSA) is 72.2 Å². The number of carbonyl (C=O) groups excluding carboxylic acids is 1. The van der Waals surface area contributed by atoms with Crippen LogP contribution >= 0.6 is 11.6 Å². The van der Waals surface area contributed by atoms with Gasteiger partial charge in [0.25, 0.3) is 11.6 Å². The molecule has 0 aromatic heterocycles. The third-order valence-corrected chi connectivity index (χ3v) is 4.71. The fourth-order valence-corrected chi connectivity index (χ4v) is 3.22. The molecular formula is C18H17ClN2O3. The molecule has 0 bridgehead atoms. The molecule has 2 aromatic carbocycles. The number of amides is 1. The van der Waals surface area contributed by atoms with Crippen LogP contribution in [0.2, 0.25) is 5.02 Å². The minimum atomic E-state index is -0.545. The van der Waals surface area contributed by atoms with Crippen molar-refractivity contribution in [1.82, 2.24) is 5.32 Å². The summed E-state index contributed by atoms with van der Waals surface area (Å²) in [5.74, 6) is -0.420. The van der Waals surface area contributed by atoms with Crippen molar-refractivity contribution in [2.75, 3.05) is 0 Å². The predicted octanol–water partition coefficient (Wildman–Crippen LogP) is 4.23. The molecule has 5 nitrogen and oxygen atoms in total. The Morgan fingerprint density at radius 1 is 1.21 bits per heavy atom. The molecule has 1 atom stereocenters. The first-order valence-electron chi connectivity index (χ1n) is 7.82. The molecule has 0 radical (unpaired) electrons. The summed E-state index contributed by atoms with van der Waals surface area (Å²) in [4.78, 5) is 22.8. The molecule has 0 heterocycles. The number of nitrogens with zero attached hydrogens (tertiary/aromatic N) is 1. The molecule has 24 heavy (non-hydrogen) atoms. The van der Waals surface area contributed by atoms with Gasteiger partial charge in [0.05, 0.1) is 21.6 Å². The van der Waals surface area contributed by atoms with E-state index in [1.165, 1.54) is 35.7 Å². The average molecular weight is 345 g/mol. The molecule has 0 aliphatic heterocycles. The van der Waals surface area contributed by atoms with Crippen molar-refractivity contribution in [3.05, 3.63) is 73.8 Å². The SMILES string of the molecule is CC(NC(=O)c1cc([N+](=O)[O-])ccc1Cl)c1ccc2c(c1)CCC2. The van der Waals surface area contributed by atoms with Crippen LogP contribution in [-0.2, 0) is 12.8 Å². The highest BCUT2D eigenvalue weighted by molar-refractivity contribution is 6.33. The first-order valence-corrected chi connectivity index (χ1v) is 8.20. The van der Waals surface area contributed by atoms with Gasteiger partial charge in [-0.25, -0.2) is 0 Å². The van der Waals surface area contributed by atoms with Gasteiger partial charge >= 0.3 is 0 Å². The van der Waals surface area contributed by atoms with E-state index in [2.05, 4.69) is 17.4 Å². The second-order valence-electron chi connectivity index (χ2n) is 6.00. The van der Waals surface area contributed by atoms with Gasteiger partial charge in [-0.15, -0.1) is 0 Å². The van der Waals surface area contributed by atoms with E-state index in [1.54, 1.807) is 0 Å². The van der Waals surface area contributed by atoms with E-state index >= 15 is 0 Å². The smallest absolute Gasteiger partial charge is 0.270 e. The van der Waals surface area contributed by atoms with Crippen molar-refractivity contribution >= 4 is 23.2 Å². The molecule has 1 unspecified atom stereocenters. The van der Waals surface area contributed by atoms with E-state index in [0.29, 0.717) is 0 Å². The van der Waals surface area contributed by atoms with E-state index < -0.39 is 10.8 Å². The van der Waals surface area contributed by atoms with Crippen LogP contribution in [0.3, 0.4) is 0 Å². The number of nitro groups is 1. The minimum Gasteiger partial charge on any atom is -0.345 e. The normalized spacial score (nSPS) is 14.1. The Bertz CT molecular complexity index is 820. The number of fused-ring (bicyclic) bond motifs is 1. The number of rotatable bonds is 4. The Kier molecular flexibility index (Phi) is 4.53. The zero-order valence-corrected chi connectivity index (χ0v) is 14.0. The van der Waals surface area contributed by atoms with Crippen LogP contribution in [0.15, 0.2) is 36.4 Å². The minimum absolute atomic E-state index is 0.110. The van der Waals surface area contributed by atoms with Gasteiger partial charge in [-0.3, -0.25) is 14.9 Å². The third kappa shape index (κ3) is 3.26. The number of carbonyl (C=O) groups is 1. The maximum atomic E-state index is 12.4. The predicted molar refractivity (Wildman–Crippen MR) is 92.5 cm³/mol. The van der Waals surface area contributed by atoms with Gasteiger partial charge in [0.1, 0.15) is 0 Å². The monoisotopic (exact) mass is 344 g/mol. The number of hydrogen-bond acceptors (Lipinski definition) is 3. The summed E-state index contributed by atoms with van der Waals surface area (Å²) in [6, 6.07) is 9.90. The number of benzene rings is 2. The highest BCUT2D eigenvalue weighted by Gasteiger charge is 2.19. The number of hydrogen-bond donors (Lipinski definition) is 1. The standard InChI is InChI=1S/C18H17ClN2O3/c1-11(13-6-5-12-3-2-4-14(12)9-13)20-18(22)16-10-15(21(23)24)7-8-17(16)19/h5-11H,2-4H2,1H3,(H,20,22). The fourth-order valence-electron chi connectivity index (χ4n) is 3.02. The molecule has 1 N–H and O–H groups in total. The second kappa shape index (κ2) is 6.61. The number of halogens is 1. The molecule has 0 spiro atoms. The average Bonchev–Trinajstić information content (AvgIpc) is 3.02. The molecule has 0 saturated carbocycles. The van der Waals surface area contributed by atoms with Crippen LogP contribution in [0.5, 0.6) is 0 Å². The Morgan fingerprint density at radius 3 is 2.71 bits per heavy atom. The number of nitro benzene ring substituents is 1. The molecule has 0 saturated heterocycles. The van der Waals surface area contributed by atoms with Gasteiger partial charge in [0, 0.05) is 12.1 Å². The summed E-state index contributed by atoms with van der Waals surface area (Å²) in [6.07, 6.45) is 3.35. The largest absolute Gasteiger partial charge is 0.345 e. The Labute approximate surface area is 144 Å². The maximum absolute atomic E-state index is 12.4. The molecule has 6 heteroatoms. The summed E-state index contributed by atoms with van der Waals surface area (Å²) < 4.78 is 0. The van der Waals surface area contributed by atoms with Gasteiger partial charge in [-0.1, -0.05) is 29.8 Å². The second-order valence-corrected chi connectivity index (χ2v) is 6.41. The fraction of sp³-hybridized carbons (Fsp3) is 0.278. The molecule has 124 valence electrons. The summed E-state index contributed by atoms with van der Waals surface area (Å²) >= 11 is 6.02. The van der Waals surface area contributed by atoms with Crippen molar-refractivity contribution in [2.24, 2.45) is 0 Å². The van der Waals surface area contributed by atoms with Gasteiger partial charge < -0.3 is 5.32 Å². The Hall–Kier alpha value is -2.40. The highest BCUT2D eigenvalue weighted by Crippen LogP contribution is 2.26. The lowest BCUT2D eigenvalue weighted by Crippen LogP contribution is -2.27. The molecule has 2 aromatic rings.